The Bertz CT molecular complexity index is 1110. The molecule has 8 heteroatoms. The lowest BCUT2D eigenvalue weighted by Gasteiger charge is -2.29. The molecule has 0 unspecified atom stereocenters. The molecular weight excluding hydrogens is 428 g/mol. The van der Waals surface area contributed by atoms with E-state index in [0.717, 1.165) is 17.2 Å². The molecule has 2 aromatic rings. The SMILES string of the molecule is CC(C)(C)OC(=O)N1CC=C(c2ccc(NC(=O)N3Cc4cc(F)cc(F)c4C3)cc2)CC1. The van der Waals surface area contributed by atoms with Gasteiger partial charge in [-0.3, -0.25) is 0 Å². The molecule has 0 bridgehead atoms. The molecule has 1 N–H and O–H groups in total. The first-order valence-electron chi connectivity index (χ1n) is 10.9. The summed E-state index contributed by atoms with van der Waals surface area (Å²) < 4.78 is 32.8. The summed E-state index contributed by atoms with van der Waals surface area (Å²) in [5, 5.41) is 2.81. The highest BCUT2D eigenvalue weighted by Crippen LogP contribution is 2.28. The molecule has 0 saturated heterocycles. The van der Waals surface area contributed by atoms with Gasteiger partial charge in [-0.05, 0) is 62.1 Å². The molecule has 0 radical (unpaired) electrons. The number of hydrogen-bond acceptors (Lipinski definition) is 3. The van der Waals surface area contributed by atoms with Crippen molar-refractivity contribution < 1.29 is 23.1 Å². The Morgan fingerprint density at radius 2 is 1.76 bits per heavy atom. The van der Waals surface area contributed by atoms with Crippen molar-refractivity contribution in [2.75, 3.05) is 18.4 Å². The topological polar surface area (TPSA) is 61.9 Å². The van der Waals surface area contributed by atoms with E-state index in [1.807, 2.05) is 39.0 Å². The van der Waals surface area contributed by atoms with Crippen molar-refractivity contribution in [1.29, 1.82) is 0 Å². The molecular formula is C25H27F2N3O3. The third kappa shape index (κ3) is 5.32. The molecule has 0 fully saturated rings. The van der Waals surface area contributed by atoms with Crippen molar-refractivity contribution in [2.24, 2.45) is 0 Å². The summed E-state index contributed by atoms with van der Waals surface area (Å²) in [6.45, 7) is 6.86. The predicted molar refractivity (Wildman–Crippen MR) is 121 cm³/mol. The van der Waals surface area contributed by atoms with Gasteiger partial charge < -0.3 is 19.9 Å². The maximum atomic E-state index is 13.9. The Balaban J connectivity index is 1.34. The van der Waals surface area contributed by atoms with Crippen LogP contribution in [-0.2, 0) is 17.8 Å². The minimum absolute atomic E-state index is 0.104. The molecule has 174 valence electrons. The fourth-order valence-electron chi connectivity index (χ4n) is 3.96. The fraction of sp³-hybridized carbons (Fsp3) is 0.360. The molecule has 0 atom stereocenters. The number of carbonyl (C=O) groups is 2. The van der Waals surface area contributed by atoms with E-state index in [1.165, 1.54) is 11.0 Å². The maximum absolute atomic E-state index is 13.9. The summed E-state index contributed by atoms with van der Waals surface area (Å²) in [4.78, 5) is 27.9. The number of rotatable bonds is 2. The highest BCUT2D eigenvalue weighted by Gasteiger charge is 2.27. The fourth-order valence-corrected chi connectivity index (χ4v) is 3.96. The largest absolute Gasteiger partial charge is 0.444 e. The summed E-state index contributed by atoms with van der Waals surface area (Å²) in [7, 11) is 0. The van der Waals surface area contributed by atoms with Crippen LogP contribution in [0.2, 0.25) is 0 Å². The van der Waals surface area contributed by atoms with Gasteiger partial charge in [-0.2, -0.15) is 0 Å². The molecule has 4 rings (SSSR count). The summed E-state index contributed by atoms with van der Waals surface area (Å²) in [6.07, 6.45) is 2.40. The highest BCUT2D eigenvalue weighted by molar-refractivity contribution is 5.90. The monoisotopic (exact) mass is 455 g/mol. The molecule has 0 aliphatic carbocycles. The van der Waals surface area contributed by atoms with E-state index in [1.54, 1.807) is 17.0 Å². The number of anilines is 1. The minimum Gasteiger partial charge on any atom is -0.444 e. The molecule has 2 aliphatic heterocycles. The Morgan fingerprint density at radius 3 is 2.39 bits per heavy atom. The van der Waals surface area contributed by atoms with E-state index < -0.39 is 17.2 Å². The Kier molecular flexibility index (Phi) is 6.10. The van der Waals surface area contributed by atoms with Crippen LogP contribution in [0.25, 0.3) is 5.57 Å². The molecule has 6 nitrogen and oxygen atoms in total. The third-order valence-electron chi connectivity index (χ3n) is 5.62. The van der Waals surface area contributed by atoms with E-state index in [9.17, 15) is 18.4 Å². The quantitative estimate of drug-likeness (QED) is 0.647. The van der Waals surface area contributed by atoms with Crippen molar-refractivity contribution in [3.8, 4) is 0 Å². The second kappa shape index (κ2) is 8.84. The van der Waals surface area contributed by atoms with Gasteiger partial charge in [0.2, 0.25) is 0 Å². The van der Waals surface area contributed by atoms with Crippen molar-refractivity contribution in [2.45, 2.75) is 45.9 Å². The smallest absolute Gasteiger partial charge is 0.410 e. The predicted octanol–water partition coefficient (Wildman–Crippen LogP) is 5.54. The van der Waals surface area contributed by atoms with Crippen LogP contribution >= 0.6 is 0 Å². The zero-order valence-corrected chi connectivity index (χ0v) is 19.0. The number of carbonyl (C=O) groups excluding carboxylic acids is 2. The Morgan fingerprint density at radius 1 is 1.03 bits per heavy atom. The van der Waals surface area contributed by atoms with Gasteiger partial charge in [0, 0.05) is 37.0 Å². The number of nitrogens with zero attached hydrogens (tertiary/aromatic N) is 2. The van der Waals surface area contributed by atoms with Crippen LogP contribution in [-0.4, -0.2) is 40.6 Å². The average Bonchev–Trinajstić information content (AvgIpc) is 3.18. The lowest BCUT2D eigenvalue weighted by molar-refractivity contribution is 0.0270. The second-order valence-electron chi connectivity index (χ2n) is 9.29. The first-order chi connectivity index (χ1) is 15.6. The standard InChI is InChI=1S/C25H27F2N3O3/c1-25(2,3)33-24(32)29-10-8-17(9-11-29)16-4-6-20(7-5-16)28-23(31)30-14-18-12-19(26)13-22(27)21(18)15-30/h4-8,12-13H,9-11,14-15H2,1-3H3,(H,28,31). The van der Waals surface area contributed by atoms with Crippen LogP contribution in [0.15, 0.2) is 42.5 Å². The first kappa shape index (κ1) is 22.8. The summed E-state index contributed by atoms with van der Waals surface area (Å²) in [5.41, 5.74) is 3.07. The molecule has 0 saturated carbocycles. The molecule has 3 amide bonds. The van der Waals surface area contributed by atoms with Gasteiger partial charge in [0.15, 0.2) is 0 Å². The number of amides is 3. The van der Waals surface area contributed by atoms with Crippen LogP contribution in [0, 0.1) is 11.6 Å². The van der Waals surface area contributed by atoms with Crippen molar-refractivity contribution in [1.82, 2.24) is 9.80 Å². The second-order valence-corrected chi connectivity index (χ2v) is 9.29. The van der Waals surface area contributed by atoms with Crippen LogP contribution in [0.5, 0.6) is 0 Å². The molecule has 0 aromatic heterocycles. The van der Waals surface area contributed by atoms with Crippen LogP contribution in [0.4, 0.5) is 24.1 Å². The van der Waals surface area contributed by atoms with Gasteiger partial charge in [0.05, 0.1) is 6.54 Å². The van der Waals surface area contributed by atoms with E-state index in [0.29, 0.717) is 36.3 Å². The molecule has 33 heavy (non-hydrogen) atoms. The van der Waals surface area contributed by atoms with E-state index in [-0.39, 0.29) is 25.2 Å². The number of benzene rings is 2. The van der Waals surface area contributed by atoms with Crippen LogP contribution in [0.1, 0.15) is 43.9 Å². The van der Waals surface area contributed by atoms with Gasteiger partial charge in [-0.25, -0.2) is 18.4 Å². The maximum Gasteiger partial charge on any atom is 0.410 e. The zero-order chi connectivity index (χ0) is 23.8. The van der Waals surface area contributed by atoms with Crippen molar-refractivity contribution in [3.05, 3.63) is 70.8 Å². The minimum atomic E-state index is -0.643. The lowest BCUT2D eigenvalue weighted by Crippen LogP contribution is -2.39. The van der Waals surface area contributed by atoms with E-state index >= 15 is 0 Å². The normalized spacial score (nSPS) is 15.7. The number of ether oxygens (including phenoxy) is 1. The Labute approximate surface area is 191 Å². The summed E-state index contributed by atoms with van der Waals surface area (Å²) in [6, 6.07) is 9.17. The highest BCUT2D eigenvalue weighted by atomic mass is 19.1. The summed E-state index contributed by atoms with van der Waals surface area (Å²) in [5.74, 6) is -1.27. The first-order valence-corrected chi connectivity index (χ1v) is 10.9. The Hall–Kier alpha value is -3.42. The third-order valence-corrected chi connectivity index (χ3v) is 5.62. The lowest BCUT2D eigenvalue weighted by atomic mass is 9.99. The van der Waals surface area contributed by atoms with Crippen molar-refractivity contribution >= 4 is 23.4 Å². The average molecular weight is 456 g/mol. The van der Waals surface area contributed by atoms with E-state index in [4.69, 9.17) is 4.74 Å². The molecule has 0 spiro atoms. The molecule has 2 heterocycles. The zero-order valence-electron chi connectivity index (χ0n) is 19.0. The number of fused-ring (bicyclic) bond motifs is 1. The molecule has 2 aliphatic rings. The van der Waals surface area contributed by atoms with Gasteiger partial charge in [0.1, 0.15) is 17.2 Å². The number of urea groups is 1. The van der Waals surface area contributed by atoms with Crippen LogP contribution in [0.3, 0.4) is 0 Å². The molecule has 2 aromatic carbocycles. The van der Waals surface area contributed by atoms with Gasteiger partial charge in [-0.15, -0.1) is 0 Å². The number of nitrogens with one attached hydrogen (secondary N) is 1. The van der Waals surface area contributed by atoms with Gasteiger partial charge in [0.25, 0.3) is 0 Å². The number of halogens is 2. The number of hydrogen-bond donors (Lipinski definition) is 1. The summed E-state index contributed by atoms with van der Waals surface area (Å²) >= 11 is 0. The van der Waals surface area contributed by atoms with Gasteiger partial charge in [-0.1, -0.05) is 18.2 Å². The van der Waals surface area contributed by atoms with Gasteiger partial charge >= 0.3 is 12.1 Å². The van der Waals surface area contributed by atoms with Crippen LogP contribution < -0.4 is 5.32 Å². The van der Waals surface area contributed by atoms with E-state index in [2.05, 4.69) is 5.32 Å². The van der Waals surface area contributed by atoms with Crippen molar-refractivity contribution in [3.63, 3.8) is 0 Å².